The monoisotopic (exact) mass is 253 g/mol. The van der Waals surface area contributed by atoms with Gasteiger partial charge in [0.05, 0.1) is 5.56 Å². The Labute approximate surface area is 109 Å². The zero-order valence-electron chi connectivity index (χ0n) is 9.96. The summed E-state index contributed by atoms with van der Waals surface area (Å²) in [6.45, 7) is 0. The fraction of sp³-hybridized carbons (Fsp3) is 0. The Morgan fingerprint density at radius 3 is 2.79 bits per heavy atom. The van der Waals surface area contributed by atoms with Crippen LogP contribution in [0.4, 0.5) is 5.69 Å². The van der Waals surface area contributed by atoms with Gasteiger partial charge in [0.15, 0.2) is 0 Å². The Hall–Kier alpha value is -2.75. The lowest BCUT2D eigenvalue weighted by Gasteiger charge is -2.04. The second kappa shape index (κ2) is 4.49. The van der Waals surface area contributed by atoms with Gasteiger partial charge in [-0.05, 0) is 18.2 Å². The fourth-order valence-corrected chi connectivity index (χ4v) is 1.94. The number of nitrogens with one attached hydrogen (secondary N) is 1. The van der Waals surface area contributed by atoms with Gasteiger partial charge in [0.2, 0.25) is 0 Å². The molecule has 4 heteroatoms. The summed E-state index contributed by atoms with van der Waals surface area (Å²) in [5.41, 5.74) is 1.68. The SMILES string of the molecule is O=C(Nc1cccc(O)c1)c1coc2ccccc12. The minimum absolute atomic E-state index is 0.106. The van der Waals surface area contributed by atoms with Crippen LogP contribution in [0, 0.1) is 0 Å². The lowest BCUT2D eigenvalue weighted by molar-refractivity contribution is 0.102. The predicted octanol–water partition coefficient (Wildman–Crippen LogP) is 3.39. The highest BCUT2D eigenvalue weighted by Crippen LogP contribution is 2.22. The molecular formula is C15H11NO3. The molecule has 0 saturated carbocycles. The van der Waals surface area contributed by atoms with Gasteiger partial charge >= 0.3 is 0 Å². The van der Waals surface area contributed by atoms with Gasteiger partial charge in [0.1, 0.15) is 17.6 Å². The Morgan fingerprint density at radius 2 is 1.95 bits per heavy atom. The van der Waals surface area contributed by atoms with Crippen LogP contribution >= 0.6 is 0 Å². The third-order valence-corrected chi connectivity index (χ3v) is 2.83. The summed E-state index contributed by atoms with van der Waals surface area (Å²) < 4.78 is 5.32. The molecule has 3 aromatic rings. The molecular weight excluding hydrogens is 242 g/mol. The third-order valence-electron chi connectivity index (χ3n) is 2.83. The van der Waals surface area contributed by atoms with Crippen molar-refractivity contribution < 1.29 is 14.3 Å². The normalized spacial score (nSPS) is 10.5. The van der Waals surface area contributed by atoms with Crippen LogP contribution in [0.5, 0.6) is 5.75 Å². The van der Waals surface area contributed by atoms with E-state index in [4.69, 9.17) is 4.42 Å². The number of aromatic hydroxyl groups is 1. The number of phenols is 1. The van der Waals surface area contributed by atoms with Crippen molar-refractivity contribution in [2.45, 2.75) is 0 Å². The summed E-state index contributed by atoms with van der Waals surface area (Å²) in [7, 11) is 0. The van der Waals surface area contributed by atoms with Crippen molar-refractivity contribution >= 4 is 22.6 Å². The molecule has 2 aromatic carbocycles. The number of rotatable bonds is 2. The number of carbonyl (C=O) groups is 1. The summed E-state index contributed by atoms with van der Waals surface area (Å²) in [6, 6.07) is 13.7. The van der Waals surface area contributed by atoms with Crippen LogP contribution in [0.2, 0.25) is 0 Å². The summed E-state index contributed by atoms with van der Waals surface area (Å²) in [5.74, 6) is -0.162. The molecule has 0 spiro atoms. The quantitative estimate of drug-likeness (QED) is 0.735. The molecule has 94 valence electrons. The van der Waals surface area contributed by atoms with Gasteiger partial charge in [0, 0.05) is 17.1 Å². The lowest BCUT2D eigenvalue weighted by atomic mass is 10.1. The zero-order chi connectivity index (χ0) is 13.2. The van der Waals surface area contributed by atoms with Crippen LogP contribution in [-0.2, 0) is 0 Å². The first-order valence-electron chi connectivity index (χ1n) is 5.80. The van der Waals surface area contributed by atoms with E-state index in [-0.39, 0.29) is 11.7 Å². The molecule has 0 saturated heterocycles. The van der Waals surface area contributed by atoms with Gasteiger partial charge in [-0.15, -0.1) is 0 Å². The number of furan rings is 1. The average Bonchev–Trinajstić information content (AvgIpc) is 2.82. The topological polar surface area (TPSA) is 62.5 Å². The fourth-order valence-electron chi connectivity index (χ4n) is 1.94. The second-order valence-corrected chi connectivity index (χ2v) is 4.15. The maximum absolute atomic E-state index is 12.1. The van der Waals surface area contributed by atoms with E-state index in [2.05, 4.69) is 5.32 Å². The van der Waals surface area contributed by atoms with E-state index in [1.165, 1.54) is 12.3 Å². The number of amides is 1. The molecule has 1 heterocycles. The van der Waals surface area contributed by atoms with E-state index >= 15 is 0 Å². The van der Waals surface area contributed by atoms with E-state index in [1.807, 2.05) is 18.2 Å². The predicted molar refractivity (Wildman–Crippen MR) is 72.3 cm³/mol. The molecule has 0 aliphatic rings. The molecule has 1 aromatic heterocycles. The van der Waals surface area contributed by atoms with Gasteiger partial charge in [-0.3, -0.25) is 4.79 Å². The molecule has 0 radical (unpaired) electrons. The van der Waals surface area contributed by atoms with Crippen molar-refractivity contribution in [3.63, 3.8) is 0 Å². The molecule has 0 aliphatic heterocycles. The molecule has 19 heavy (non-hydrogen) atoms. The van der Waals surface area contributed by atoms with Crippen LogP contribution in [0.3, 0.4) is 0 Å². The molecule has 2 N–H and O–H groups in total. The van der Waals surface area contributed by atoms with E-state index in [0.29, 0.717) is 16.8 Å². The van der Waals surface area contributed by atoms with Gasteiger partial charge < -0.3 is 14.8 Å². The van der Waals surface area contributed by atoms with Crippen LogP contribution in [-0.4, -0.2) is 11.0 Å². The number of hydrogen-bond donors (Lipinski definition) is 2. The standard InChI is InChI=1S/C15H11NO3/c17-11-5-3-4-10(8-11)16-15(18)13-9-19-14-7-2-1-6-12(13)14/h1-9,17H,(H,16,18). The maximum atomic E-state index is 12.1. The Balaban J connectivity index is 1.92. The first-order valence-corrected chi connectivity index (χ1v) is 5.80. The summed E-state index contributed by atoms with van der Waals surface area (Å²) in [6.07, 6.45) is 1.43. The molecule has 0 atom stereocenters. The van der Waals surface area contributed by atoms with Crippen molar-refractivity contribution in [3.8, 4) is 5.75 Å². The minimum Gasteiger partial charge on any atom is -0.508 e. The molecule has 0 unspecified atom stereocenters. The average molecular weight is 253 g/mol. The van der Waals surface area contributed by atoms with Gasteiger partial charge in [-0.2, -0.15) is 0 Å². The van der Waals surface area contributed by atoms with Gasteiger partial charge in [0.25, 0.3) is 5.91 Å². The van der Waals surface area contributed by atoms with Crippen molar-refractivity contribution in [1.82, 2.24) is 0 Å². The van der Waals surface area contributed by atoms with Crippen molar-refractivity contribution in [1.29, 1.82) is 0 Å². The van der Waals surface area contributed by atoms with E-state index in [1.54, 1.807) is 24.3 Å². The van der Waals surface area contributed by atoms with Crippen molar-refractivity contribution in [3.05, 3.63) is 60.4 Å². The largest absolute Gasteiger partial charge is 0.508 e. The molecule has 0 fully saturated rings. The van der Waals surface area contributed by atoms with E-state index in [9.17, 15) is 9.90 Å². The molecule has 0 aliphatic carbocycles. The summed E-state index contributed by atoms with van der Waals surface area (Å²) >= 11 is 0. The highest BCUT2D eigenvalue weighted by Gasteiger charge is 2.13. The van der Waals surface area contributed by atoms with Crippen LogP contribution in [0.25, 0.3) is 11.0 Å². The third kappa shape index (κ3) is 2.15. The lowest BCUT2D eigenvalue weighted by Crippen LogP contribution is -2.11. The van der Waals surface area contributed by atoms with Crippen LogP contribution < -0.4 is 5.32 Å². The molecule has 3 rings (SSSR count). The molecule has 1 amide bonds. The number of para-hydroxylation sites is 1. The number of benzene rings is 2. The smallest absolute Gasteiger partial charge is 0.259 e. The highest BCUT2D eigenvalue weighted by atomic mass is 16.3. The Kier molecular flexibility index (Phi) is 2.68. The van der Waals surface area contributed by atoms with Gasteiger partial charge in [-0.1, -0.05) is 24.3 Å². The summed E-state index contributed by atoms with van der Waals surface area (Å²) in [5, 5.41) is 12.8. The number of fused-ring (bicyclic) bond motifs is 1. The van der Waals surface area contributed by atoms with E-state index in [0.717, 1.165) is 5.39 Å². The van der Waals surface area contributed by atoms with E-state index < -0.39 is 0 Å². The molecule has 4 nitrogen and oxygen atoms in total. The van der Waals surface area contributed by atoms with Crippen LogP contribution in [0.1, 0.15) is 10.4 Å². The summed E-state index contributed by atoms with van der Waals surface area (Å²) in [4.78, 5) is 12.1. The first-order chi connectivity index (χ1) is 9.24. The van der Waals surface area contributed by atoms with Crippen molar-refractivity contribution in [2.24, 2.45) is 0 Å². The first kappa shape index (κ1) is 11.3. The van der Waals surface area contributed by atoms with Crippen molar-refractivity contribution in [2.75, 3.05) is 5.32 Å². The number of anilines is 1. The Bertz CT molecular complexity index is 746. The highest BCUT2D eigenvalue weighted by molar-refractivity contribution is 6.12. The second-order valence-electron chi connectivity index (χ2n) is 4.15. The minimum atomic E-state index is -0.268. The number of hydrogen-bond acceptors (Lipinski definition) is 3. The Morgan fingerprint density at radius 1 is 1.11 bits per heavy atom. The number of phenolic OH excluding ortho intramolecular Hbond substituents is 1. The van der Waals surface area contributed by atoms with Crippen LogP contribution in [0.15, 0.2) is 59.2 Å². The molecule has 0 bridgehead atoms. The zero-order valence-corrected chi connectivity index (χ0v) is 9.96. The maximum Gasteiger partial charge on any atom is 0.259 e. The number of carbonyl (C=O) groups excluding carboxylic acids is 1. The van der Waals surface area contributed by atoms with Gasteiger partial charge in [-0.25, -0.2) is 0 Å².